The lowest BCUT2D eigenvalue weighted by molar-refractivity contribution is 0.0540. The number of fused-ring (bicyclic) bond motifs is 1. The molecule has 4 rings (SSSR count). The normalized spacial score (nSPS) is 16.2. The van der Waals surface area contributed by atoms with Gasteiger partial charge >= 0.3 is 5.97 Å². The molecule has 0 bridgehead atoms. The molecule has 1 saturated heterocycles. The van der Waals surface area contributed by atoms with Gasteiger partial charge in [0.2, 0.25) is 0 Å². The minimum absolute atomic E-state index is 0.187. The lowest BCUT2D eigenvalue weighted by Crippen LogP contribution is -2.33. The predicted octanol–water partition coefficient (Wildman–Crippen LogP) is 4.51. The van der Waals surface area contributed by atoms with Crippen LogP contribution in [0.2, 0.25) is 5.02 Å². The molecule has 1 aromatic carbocycles. The molecular weight excluding hydrogens is 390 g/mol. The van der Waals surface area contributed by atoms with Gasteiger partial charge < -0.3 is 19.7 Å². The number of carbonyl (C=O) groups is 1. The zero-order chi connectivity index (χ0) is 20.2. The molecule has 7 heteroatoms. The van der Waals surface area contributed by atoms with E-state index >= 15 is 0 Å². The zero-order valence-electron chi connectivity index (χ0n) is 16.1. The number of benzene rings is 1. The standard InChI is InChI=1S/C22H24ClN3O3/c23-17-7-3-2-6-15(17)21(29-13-12-26-10-4-1-5-11-26)19-14-18-20(25-19)16(22(27)28)8-9-24-18/h2-3,6-9,14,21,25H,1,4-5,10-13H2,(H,27,28)/t21-/m0/s1. The highest BCUT2D eigenvalue weighted by atomic mass is 35.5. The first-order chi connectivity index (χ1) is 14.1. The summed E-state index contributed by atoms with van der Waals surface area (Å²) in [6.07, 6.45) is 4.85. The lowest BCUT2D eigenvalue weighted by Gasteiger charge is -2.27. The van der Waals surface area contributed by atoms with E-state index in [0.717, 1.165) is 30.9 Å². The Bertz CT molecular complexity index is 998. The van der Waals surface area contributed by atoms with Crippen LogP contribution in [0.1, 0.15) is 47.0 Å². The molecule has 1 aliphatic heterocycles. The number of hydrogen-bond donors (Lipinski definition) is 2. The first-order valence-electron chi connectivity index (χ1n) is 9.93. The number of H-pyrrole nitrogens is 1. The fraction of sp³-hybridized carbons (Fsp3) is 0.364. The number of aromatic carboxylic acids is 1. The molecule has 0 radical (unpaired) electrons. The summed E-state index contributed by atoms with van der Waals surface area (Å²) < 4.78 is 6.30. The van der Waals surface area contributed by atoms with Crippen molar-refractivity contribution in [1.29, 1.82) is 0 Å². The Morgan fingerprint density at radius 1 is 1.24 bits per heavy atom. The number of nitrogens with zero attached hydrogens (tertiary/aromatic N) is 2. The number of likely N-dealkylation sites (tertiary alicyclic amines) is 1. The molecule has 3 heterocycles. The van der Waals surface area contributed by atoms with Crippen LogP contribution in [0.15, 0.2) is 42.6 Å². The number of ether oxygens (including phenoxy) is 1. The molecular formula is C22H24ClN3O3. The quantitative estimate of drug-likeness (QED) is 0.596. The summed E-state index contributed by atoms with van der Waals surface area (Å²) in [5.41, 5.74) is 2.86. The van der Waals surface area contributed by atoms with Gasteiger partial charge in [-0.1, -0.05) is 36.2 Å². The Labute approximate surface area is 174 Å². The second-order valence-electron chi connectivity index (χ2n) is 7.32. The minimum Gasteiger partial charge on any atom is -0.478 e. The predicted molar refractivity (Wildman–Crippen MR) is 113 cm³/mol. The van der Waals surface area contributed by atoms with E-state index < -0.39 is 12.1 Å². The summed E-state index contributed by atoms with van der Waals surface area (Å²) >= 11 is 6.46. The zero-order valence-corrected chi connectivity index (χ0v) is 16.9. The van der Waals surface area contributed by atoms with Crippen LogP contribution in [-0.2, 0) is 4.74 Å². The summed E-state index contributed by atoms with van der Waals surface area (Å²) in [5, 5.41) is 10.1. The Hall–Kier alpha value is -2.41. The number of pyridine rings is 1. The van der Waals surface area contributed by atoms with Crippen LogP contribution in [-0.4, -0.2) is 52.2 Å². The average molecular weight is 414 g/mol. The summed E-state index contributed by atoms with van der Waals surface area (Å²) in [5.74, 6) is -0.994. The van der Waals surface area contributed by atoms with Gasteiger partial charge in [0, 0.05) is 23.3 Å². The Morgan fingerprint density at radius 2 is 2.03 bits per heavy atom. The molecule has 152 valence electrons. The van der Waals surface area contributed by atoms with Crippen molar-refractivity contribution in [1.82, 2.24) is 14.9 Å². The van der Waals surface area contributed by atoms with Crippen molar-refractivity contribution < 1.29 is 14.6 Å². The van der Waals surface area contributed by atoms with E-state index in [1.54, 1.807) is 0 Å². The molecule has 1 atom stereocenters. The number of halogens is 1. The molecule has 0 saturated carbocycles. The summed E-state index contributed by atoms with van der Waals surface area (Å²) in [4.78, 5) is 21.5. The minimum atomic E-state index is -0.994. The molecule has 2 N–H and O–H groups in total. The summed E-state index contributed by atoms with van der Waals surface area (Å²) in [6, 6.07) is 10.9. The van der Waals surface area contributed by atoms with Crippen LogP contribution in [0.4, 0.5) is 0 Å². The van der Waals surface area contributed by atoms with Crippen molar-refractivity contribution in [2.75, 3.05) is 26.2 Å². The Morgan fingerprint density at radius 3 is 2.79 bits per heavy atom. The van der Waals surface area contributed by atoms with Crippen molar-refractivity contribution in [3.63, 3.8) is 0 Å². The fourth-order valence-corrected chi connectivity index (χ4v) is 4.12. The molecule has 0 aliphatic carbocycles. The van der Waals surface area contributed by atoms with E-state index in [4.69, 9.17) is 16.3 Å². The van der Waals surface area contributed by atoms with Crippen LogP contribution >= 0.6 is 11.6 Å². The van der Waals surface area contributed by atoms with E-state index in [-0.39, 0.29) is 5.56 Å². The molecule has 1 aliphatic rings. The van der Waals surface area contributed by atoms with Gasteiger partial charge in [0.1, 0.15) is 6.10 Å². The third kappa shape index (κ3) is 4.45. The van der Waals surface area contributed by atoms with Gasteiger partial charge in [0.15, 0.2) is 0 Å². The Kier molecular flexibility index (Phi) is 6.13. The highest BCUT2D eigenvalue weighted by Gasteiger charge is 2.22. The molecule has 3 aromatic rings. The van der Waals surface area contributed by atoms with Gasteiger partial charge in [-0.25, -0.2) is 4.79 Å². The first kappa shape index (κ1) is 19.9. The fourth-order valence-electron chi connectivity index (χ4n) is 3.88. The molecule has 29 heavy (non-hydrogen) atoms. The number of rotatable bonds is 7. The highest BCUT2D eigenvalue weighted by Crippen LogP contribution is 2.33. The molecule has 0 amide bonds. The smallest absolute Gasteiger partial charge is 0.337 e. The molecule has 0 spiro atoms. The SMILES string of the molecule is O=C(O)c1ccnc2cc([C@@H](OCCN3CCCCC3)c3ccccc3Cl)[nH]c12. The topological polar surface area (TPSA) is 78.5 Å². The van der Waals surface area contributed by atoms with Gasteiger partial charge in [0.25, 0.3) is 0 Å². The molecule has 2 aromatic heterocycles. The third-order valence-electron chi connectivity index (χ3n) is 5.38. The third-order valence-corrected chi connectivity index (χ3v) is 5.73. The van der Waals surface area contributed by atoms with Crippen LogP contribution < -0.4 is 0 Å². The van der Waals surface area contributed by atoms with Crippen LogP contribution in [0.5, 0.6) is 0 Å². The van der Waals surface area contributed by atoms with Crippen molar-refractivity contribution in [3.05, 3.63) is 64.4 Å². The van der Waals surface area contributed by atoms with E-state index in [1.165, 1.54) is 31.5 Å². The van der Waals surface area contributed by atoms with Gasteiger partial charge in [-0.2, -0.15) is 0 Å². The van der Waals surface area contributed by atoms with E-state index in [0.29, 0.717) is 22.7 Å². The number of aromatic nitrogens is 2. The average Bonchev–Trinajstić information content (AvgIpc) is 3.16. The van der Waals surface area contributed by atoms with Gasteiger partial charge in [-0.15, -0.1) is 0 Å². The summed E-state index contributed by atoms with van der Waals surface area (Å²) in [7, 11) is 0. The number of carboxylic acid groups (broad SMARTS) is 1. The number of carboxylic acids is 1. The first-order valence-corrected chi connectivity index (χ1v) is 10.3. The van der Waals surface area contributed by atoms with Crippen molar-refractivity contribution in [2.24, 2.45) is 0 Å². The van der Waals surface area contributed by atoms with Crippen LogP contribution in [0.3, 0.4) is 0 Å². The van der Waals surface area contributed by atoms with E-state index in [9.17, 15) is 9.90 Å². The maximum Gasteiger partial charge on any atom is 0.337 e. The number of aromatic amines is 1. The van der Waals surface area contributed by atoms with Crippen molar-refractivity contribution in [2.45, 2.75) is 25.4 Å². The van der Waals surface area contributed by atoms with E-state index in [1.807, 2.05) is 30.3 Å². The lowest BCUT2D eigenvalue weighted by atomic mass is 10.1. The largest absolute Gasteiger partial charge is 0.478 e. The maximum absolute atomic E-state index is 11.6. The Balaban J connectivity index is 1.63. The van der Waals surface area contributed by atoms with E-state index in [2.05, 4.69) is 14.9 Å². The molecule has 1 fully saturated rings. The number of piperidine rings is 1. The summed E-state index contributed by atoms with van der Waals surface area (Å²) in [6.45, 7) is 3.64. The van der Waals surface area contributed by atoms with Crippen molar-refractivity contribution >= 4 is 28.6 Å². The molecule has 0 unspecified atom stereocenters. The van der Waals surface area contributed by atoms with Gasteiger partial charge in [-0.3, -0.25) is 4.98 Å². The van der Waals surface area contributed by atoms with Crippen LogP contribution in [0.25, 0.3) is 11.0 Å². The second kappa shape index (κ2) is 8.95. The maximum atomic E-state index is 11.6. The monoisotopic (exact) mass is 413 g/mol. The van der Waals surface area contributed by atoms with Gasteiger partial charge in [0.05, 0.1) is 28.9 Å². The van der Waals surface area contributed by atoms with Crippen LogP contribution in [0, 0.1) is 0 Å². The van der Waals surface area contributed by atoms with Gasteiger partial charge in [-0.05, 0) is 44.1 Å². The second-order valence-corrected chi connectivity index (χ2v) is 7.73. The highest BCUT2D eigenvalue weighted by molar-refractivity contribution is 6.31. The molecule has 6 nitrogen and oxygen atoms in total. The number of nitrogens with one attached hydrogen (secondary N) is 1. The van der Waals surface area contributed by atoms with Crippen molar-refractivity contribution in [3.8, 4) is 0 Å². The number of hydrogen-bond acceptors (Lipinski definition) is 4.